The third-order valence-electron chi connectivity index (χ3n) is 1.81. The summed E-state index contributed by atoms with van der Waals surface area (Å²) in [5.41, 5.74) is -1.02. The Kier molecular flexibility index (Phi) is 4.23. The number of carboxylic acid groups (broad SMARTS) is 1. The quantitative estimate of drug-likeness (QED) is 0.861. The maximum absolute atomic E-state index is 12.1. The van der Waals surface area contributed by atoms with E-state index in [2.05, 4.69) is 14.5 Å². The van der Waals surface area contributed by atoms with Gasteiger partial charge in [-0.05, 0) is 0 Å². The van der Waals surface area contributed by atoms with E-state index in [4.69, 9.17) is 16.7 Å². The van der Waals surface area contributed by atoms with Crippen LogP contribution in [0.3, 0.4) is 0 Å². The summed E-state index contributed by atoms with van der Waals surface area (Å²) in [6.07, 6.45) is -5.03. The minimum absolute atomic E-state index is 0.227. The fourth-order valence-electron chi connectivity index (χ4n) is 1.18. The van der Waals surface area contributed by atoms with Crippen molar-refractivity contribution in [3.05, 3.63) is 17.3 Å². The maximum atomic E-state index is 12.1. The van der Waals surface area contributed by atoms with Crippen molar-refractivity contribution in [1.82, 2.24) is 4.98 Å². The molecule has 0 spiro atoms. The minimum Gasteiger partial charge on any atom is -0.481 e. The molecule has 1 aromatic heterocycles. The predicted molar refractivity (Wildman–Crippen MR) is 54.0 cm³/mol. The first-order valence-corrected chi connectivity index (χ1v) is 4.95. The van der Waals surface area contributed by atoms with Crippen LogP contribution >= 0.6 is 11.6 Å². The zero-order valence-electron chi connectivity index (χ0n) is 8.92. The second-order valence-electron chi connectivity index (χ2n) is 2.97. The van der Waals surface area contributed by atoms with Crippen LogP contribution in [0.15, 0.2) is 6.07 Å². The van der Waals surface area contributed by atoms with Gasteiger partial charge in [-0.1, -0.05) is 0 Å². The molecule has 0 amide bonds. The summed E-state index contributed by atoms with van der Waals surface area (Å²) in [5.74, 6) is -3.17. The highest BCUT2D eigenvalue weighted by atomic mass is 35.5. The van der Waals surface area contributed by atoms with Crippen LogP contribution in [-0.2, 0) is 5.88 Å². The van der Waals surface area contributed by atoms with Crippen molar-refractivity contribution in [2.24, 2.45) is 0 Å². The average Bonchev–Trinajstić information content (AvgIpc) is 2.25. The number of halogens is 4. The molecule has 9 heteroatoms. The lowest BCUT2D eigenvalue weighted by Crippen LogP contribution is -2.20. The SMILES string of the molecule is COc1cc(OC(F)(F)F)c(C(=O)O)c(CCl)n1. The Morgan fingerprint density at radius 2 is 2.17 bits per heavy atom. The van der Waals surface area contributed by atoms with Crippen LogP contribution in [0.5, 0.6) is 11.6 Å². The van der Waals surface area contributed by atoms with E-state index in [9.17, 15) is 18.0 Å². The molecule has 1 N–H and O–H groups in total. The summed E-state index contributed by atoms with van der Waals surface area (Å²) in [7, 11) is 1.16. The van der Waals surface area contributed by atoms with E-state index in [1.165, 1.54) is 0 Å². The van der Waals surface area contributed by atoms with Crippen LogP contribution in [0, 0.1) is 0 Å². The molecule has 5 nitrogen and oxygen atoms in total. The fraction of sp³-hybridized carbons (Fsp3) is 0.333. The molecule has 1 rings (SSSR count). The highest BCUT2D eigenvalue weighted by Crippen LogP contribution is 2.31. The smallest absolute Gasteiger partial charge is 0.481 e. The number of alkyl halides is 4. The van der Waals surface area contributed by atoms with Crippen LogP contribution in [0.2, 0.25) is 0 Å². The molecule has 1 aromatic rings. The Morgan fingerprint density at radius 3 is 2.56 bits per heavy atom. The van der Waals surface area contributed by atoms with Crippen LogP contribution in [0.25, 0.3) is 0 Å². The van der Waals surface area contributed by atoms with Crippen LogP contribution in [-0.4, -0.2) is 29.5 Å². The van der Waals surface area contributed by atoms with Gasteiger partial charge in [-0.3, -0.25) is 0 Å². The Bertz CT molecular complexity index is 464. The number of aromatic carboxylic acids is 1. The van der Waals surface area contributed by atoms with E-state index in [0.717, 1.165) is 13.2 Å². The van der Waals surface area contributed by atoms with Crippen LogP contribution < -0.4 is 9.47 Å². The number of pyridine rings is 1. The highest BCUT2D eigenvalue weighted by molar-refractivity contribution is 6.17. The molecule has 1 heterocycles. The zero-order valence-corrected chi connectivity index (χ0v) is 9.67. The number of rotatable bonds is 4. The first kappa shape index (κ1) is 14.4. The van der Waals surface area contributed by atoms with Gasteiger partial charge in [-0.25, -0.2) is 9.78 Å². The van der Waals surface area contributed by atoms with E-state index >= 15 is 0 Å². The van der Waals surface area contributed by atoms with Gasteiger partial charge >= 0.3 is 12.3 Å². The van der Waals surface area contributed by atoms with E-state index in [0.29, 0.717) is 0 Å². The van der Waals surface area contributed by atoms with Gasteiger partial charge in [0.2, 0.25) is 5.88 Å². The largest absolute Gasteiger partial charge is 0.573 e. The van der Waals surface area contributed by atoms with Gasteiger partial charge < -0.3 is 14.6 Å². The highest BCUT2D eigenvalue weighted by Gasteiger charge is 2.34. The molecule has 18 heavy (non-hydrogen) atoms. The summed E-state index contributed by atoms with van der Waals surface area (Å²) in [6.45, 7) is 0. The Labute approximate surface area is 104 Å². The lowest BCUT2D eigenvalue weighted by Gasteiger charge is -2.14. The molecule has 0 aliphatic rings. The molecule has 0 aliphatic heterocycles. The van der Waals surface area contributed by atoms with E-state index in [1.807, 2.05) is 0 Å². The number of carboxylic acids is 1. The Hall–Kier alpha value is -1.70. The van der Waals surface area contributed by atoms with Gasteiger partial charge in [0.15, 0.2) is 5.75 Å². The Balaban J connectivity index is 3.39. The predicted octanol–water partition coefficient (Wildman–Crippen LogP) is 2.43. The molecule has 0 aliphatic carbocycles. The van der Waals surface area contributed by atoms with Gasteiger partial charge in [0.05, 0.1) is 18.7 Å². The molecule has 0 atom stereocenters. The van der Waals surface area contributed by atoms with Crippen molar-refractivity contribution >= 4 is 17.6 Å². The number of aromatic nitrogens is 1. The fourth-order valence-corrected chi connectivity index (χ4v) is 1.38. The third-order valence-corrected chi connectivity index (χ3v) is 2.06. The number of ether oxygens (including phenoxy) is 2. The van der Waals surface area contributed by atoms with E-state index in [-0.39, 0.29) is 11.6 Å². The molecular formula is C9H7ClF3NO4. The van der Waals surface area contributed by atoms with Gasteiger partial charge in [0.1, 0.15) is 5.56 Å². The molecular weight excluding hydrogens is 279 g/mol. The summed E-state index contributed by atoms with van der Waals surface area (Å²) >= 11 is 5.43. The van der Waals surface area contributed by atoms with Crippen LogP contribution in [0.4, 0.5) is 13.2 Å². The summed E-state index contributed by atoms with van der Waals surface area (Å²) in [6, 6.07) is 0.729. The van der Waals surface area contributed by atoms with Crippen LogP contribution in [0.1, 0.15) is 16.1 Å². The van der Waals surface area contributed by atoms with E-state index in [1.54, 1.807) is 0 Å². The summed E-state index contributed by atoms with van der Waals surface area (Å²) < 4.78 is 44.7. The summed E-state index contributed by atoms with van der Waals surface area (Å²) in [4.78, 5) is 14.5. The lowest BCUT2D eigenvalue weighted by molar-refractivity contribution is -0.274. The van der Waals surface area contributed by atoms with Gasteiger partial charge in [-0.15, -0.1) is 24.8 Å². The average molecular weight is 286 g/mol. The number of carbonyl (C=O) groups is 1. The molecule has 100 valence electrons. The van der Waals surface area contributed by atoms with Crippen molar-refractivity contribution < 1.29 is 32.5 Å². The van der Waals surface area contributed by atoms with Gasteiger partial charge in [0, 0.05) is 6.07 Å². The molecule has 0 unspecified atom stereocenters. The monoisotopic (exact) mass is 285 g/mol. The zero-order chi connectivity index (χ0) is 13.9. The lowest BCUT2D eigenvalue weighted by atomic mass is 10.2. The normalized spacial score (nSPS) is 11.2. The second-order valence-corrected chi connectivity index (χ2v) is 3.24. The number of hydrogen-bond acceptors (Lipinski definition) is 4. The minimum atomic E-state index is -5.03. The first-order chi connectivity index (χ1) is 8.28. The van der Waals surface area contributed by atoms with Crippen molar-refractivity contribution in [3.8, 4) is 11.6 Å². The first-order valence-electron chi connectivity index (χ1n) is 4.41. The third kappa shape index (κ3) is 3.39. The topological polar surface area (TPSA) is 68.7 Å². The molecule has 0 fully saturated rings. The maximum Gasteiger partial charge on any atom is 0.573 e. The number of hydrogen-bond donors (Lipinski definition) is 1. The van der Waals surface area contributed by atoms with Crippen molar-refractivity contribution in [2.75, 3.05) is 7.11 Å². The van der Waals surface area contributed by atoms with E-state index < -0.39 is 29.5 Å². The van der Waals surface area contributed by atoms with Gasteiger partial charge in [0.25, 0.3) is 0 Å². The number of methoxy groups -OCH3 is 1. The van der Waals surface area contributed by atoms with Crippen molar-refractivity contribution in [2.45, 2.75) is 12.2 Å². The van der Waals surface area contributed by atoms with Crippen molar-refractivity contribution in [3.63, 3.8) is 0 Å². The molecule has 0 saturated heterocycles. The van der Waals surface area contributed by atoms with Gasteiger partial charge in [-0.2, -0.15) is 0 Å². The standard InChI is InChI=1S/C9H7ClF3NO4/c1-17-6-2-5(18-9(11,12)13)7(8(15)16)4(3-10)14-6/h2H,3H2,1H3,(H,15,16). The molecule has 0 aromatic carbocycles. The molecule has 0 saturated carbocycles. The summed E-state index contributed by atoms with van der Waals surface area (Å²) in [5, 5.41) is 8.85. The molecule has 0 bridgehead atoms. The Morgan fingerprint density at radius 1 is 1.56 bits per heavy atom. The second kappa shape index (κ2) is 5.30. The van der Waals surface area contributed by atoms with Crippen molar-refractivity contribution in [1.29, 1.82) is 0 Å². The molecule has 0 radical (unpaired) electrons. The number of nitrogens with zero attached hydrogens (tertiary/aromatic N) is 1.